The molecule has 0 aliphatic heterocycles. The van der Waals surface area contributed by atoms with E-state index in [0.29, 0.717) is 36.0 Å². The Kier molecular flexibility index (Phi) is 6.00. The zero-order valence-corrected chi connectivity index (χ0v) is 13.6. The monoisotopic (exact) mass is 315 g/mol. The molecule has 0 saturated heterocycles. The molecule has 0 bridgehead atoms. The van der Waals surface area contributed by atoms with Gasteiger partial charge in [0.2, 0.25) is 0 Å². The zero-order valence-electron chi connectivity index (χ0n) is 13.6. The molecule has 5 heteroatoms. The minimum atomic E-state index is -0.211. The van der Waals surface area contributed by atoms with Gasteiger partial charge < -0.3 is 19.5 Å². The molecule has 0 spiro atoms. The molecule has 0 fully saturated rings. The van der Waals surface area contributed by atoms with Crippen LogP contribution in [0, 0.1) is 0 Å². The predicted octanol–water partition coefficient (Wildman–Crippen LogP) is 3.49. The molecule has 0 aliphatic rings. The Morgan fingerprint density at radius 3 is 2.57 bits per heavy atom. The number of nitrogens with one attached hydrogen (secondary N) is 1. The number of rotatable bonds is 7. The highest BCUT2D eigenvalue weighted by atomic mass is 16.5. The van der Waals surface area contributed by atoms with Crippen LogP contribution < -0.4 is 14.8 Å². The first-order chi connectivity index (χ1) is 11.2. The van der Waals surface area contributed by atoms with E-state index in [1.165, 1.54) is 0 Å². The summed E-state index contributed by atoms with van der Waals surface area (Å²) in [7, 11) is 3.19. The van der Waals surface area contributed by atoms with E-state index in [4.69, 9.17) is 14.2 Å². The molecular weight excluding hydrogens is 294 g/mol. The number of anilines is 1. The van der Waals surface area contributed by atoms with E-state index in [2.05, 4.69) is 5.32 Å². The Morgan fingerprint density at radius 1 is 1.09 bits per heavy atom. The standard InChI is InChI=1S/C18H21NO4/c1-4-23-17-8-6-5-7-15(17)19-18(20)13-9-10-16(22-3)14(11-13)12-21-2/h5-11H,4,12H2,1-3H3,(H,19,20). The summed E-state index contributed by atoms with van der Waals surface area (Å²) in [6, 6.07) is 12.6. The maximum absolute atomic E-state index is 12.5. The van der Waals surface area contributed by atoms with Gasteiger partial charge in [-0.15, -0.1) is 0 Å². The quantitative estimate of drug-likeness (QED) is 0.849. The van der Waals surface area contributed by atoms with E-state index >= 15 is 0 Å². The number of para-hydroxylation sites is 2. The van der Waals surface area contributed by atoms with Crippen molar-refractivity contribution in [2.75, 3.05) is 26.1 Å². The normalized spacial score (nSPS) is 10.2. The Labute approximate surface area is 136 Å². The van der Waals surface area contributed by atoms with E-state index in [-0.39, 0.29) is 5.91 Å². The van der Waals surface area contributed by atoms with Crippen LogP contribution in [0.25, 0.3) is 0 Å². The summed E-state index contributed by atoms with van der Waals surface area (Å²) >= 11 is 0. The van der Waals surface area contributed by atoms with E-state index in [0.717, 1.165) is 5.56 Å². The molecular formula is C18H21NO4. The maximum atomic E-state index is 12.5. The average molecular weight is 315 g/mol. The number of ether oxygens (including phenoxy) is 3. The van der Waals surface area contributed by atoms with Crippen molar-refractivity contribution < 1.29 is 19.0 Å². The van der Waals surface area contributed by atoms with Gasteiger partial charge in [0, 0.05) is 18.2 Å². The molecule has 0 aliphatic carbocycles. The van der Waals surface area contributed by atoms with Crippen molar-refractivity contribution in [2.45, 2.75) is 13.5 Å². The number of methoxy groups -OCH3 is 2. The smallest absolute Gasteiger partial charge is 0.255 e. The molecule has 0 unspecified atom stereocenters. The number of benzene rings is 2. The number of carbonyl (C=O) groups excluding carboxylic acids is 1. The lowest BCUT2D eigenvalue weighted by atomic mass is 10.1. The SMILES string of the molecule is CCOc1ccccc1NC(=O)c1ccc(OC)c(COC)c1. The topological polar surface area (TPSA) is 56.8 Å². The van der Waals surface area contributed by atoms with Crippen LogP contribution >= 0.6 is 0 Å². The number of carbonyl (C=O) groups is 1. The summed E-state index contributed by atoms with van der Waals surface area (Å²) in [6.07, 6.45) is 0. The zero-order chi connectivity index (χ0) is 16.7. The van der Waals surface area contributed by atoms with Gasteiger partial charge in [-0.1, -0.05) is 12.1 Å². The Morgan fingerprint density at radius 2 is 1.87 bits per heavy atom. The molecule has 2 rings (SSSR count). The van der Waals surface area contributed by atoms with Gasteiger partial charge in [-0.2, -0.15) is 0 Å². The average Bonchev–Trinajstić information content (AvgIpc) is 2.57. The fourth-order valence-electron chi connectivity index (χ4n) is 2.23. The van der Waals surface area contributed by atoms with Crippen LogP contribution in [-0.4, -0.2) is 26.7 Å². The molecule has 2 aromatic rings. The van der Waals surface area contributed by atoms with Gasteiger partial charge >= 0.3 is 0 Å². The third-order valence-corrected chi connectivity index (χ3v) is 3.28. The molecule has 1 amide bonds. The van der Waals surface area contributed by atoms with Gasteiger partial charge in [0.05, 0.1) is 26.0 Å². The van der Waals surface area contributed by atoms with Crippen LogP contribution in [0.2, 0.25) is 0 Å². The molecule has 2 aromatic carbocycles. The fraction of sp³-hybridized carbons (Fsp3) is 0.278. The van der Waals surface area contributed by atoms with Crippen molar-refractivity contribution in [3.05, 3.63) is 53.6 Å². The first kappa shape index (κ1) is 16.8. The largest absolute Gasteiger partial charge is 0.496 e. The van der Waals surface area contributed by atoms with Gasteiger partial charge in [-0.3, -0.25) is 4.79 Å². The van der Waals surface area contributed by atoms with E-state index in [1.807, 2.05) is 31.2 Å². The van der Waals surface area contributed by atoms with Crippen LogP contribution in [0.5, 0.6) is 11.5 Å². The van der Waals surface area contributed by atoms with Crippen molar-refractivity contribution in [2.24, 2.45) is 0 Å². The van der Waals surface area contributed by atoms with Crippen LogP contribution in [0.15, 0.2) is 42.5 Å². The lowest BCUT2D eigenvalue weighted by Gasteiger charge is -2.13. The molecule has 0 atom stereocenters. The van der Waals surface area contributed by atoms with Crippen molar-refractivity contribution in [3.63, 3.8) is 0 Å². The molecule has 23 heavy (non-hydrogen) atoms. The summed E-state index contributed by atoms with van der Waals surface area (Å²) in [5.41, 5.74) is 1.99. The fourth-order valence-corrected chi connectivity index (χ4v) is 2.23. The highest BCUT2D eigenvalue weighted by molar-refractivity contribution is 6.05. The highest BCUT2D eigenvalue weighted by Crippen LogP contribution is 2.25. The first-order valence-electron chi connectivity index (χ1n) is 7.38. The number of amides is 1. The third-order valence-electron chi connectivity index (χ3n) is 3.28. The second-order valence-electron chi connectivity index (χ2n) is 4.84. The minimum Gasteiger partial charge on any atom is -0.496 e. The molecule has 0 heterocycles. The molecule has 122 valence electrons. The summed E-state index contributed by atoms with van der Waals surface area (Å²) in [5.74, 6) is 1.13. The van der Waals surface area contributed by atoms with Crippen LogP contribution in [0.1, 0.15) is 22.8 Å². The van der Waals surface area contributed by atoms with Gasteiger partial charge in [0.15, 0.2) is 0 Å². The Bertz CT molecular complexity index is 670. The second kappa shape index (κ2) is 8.19. The first-order valence-corrected chi connectivity index (χ1v) is 7.38. The summed E-state index contributed by atoms with van der Waals surface area (Å²) in [5, 5.41) is 2.87. The van der Waals surface area contributed by atoms with Crippen molar-refractivity contribution in [1.82, 2.24) is 0 Å². The highest BCUT2D eigenvalue weighted by Gasteiger charge is 2.12. The predicted molar refractivity (Wildman–Crippen MR) is 89.3 cm³/mol. The van der Waals surface area contributed by atoms with Crippen LogP contribution in [0.3, 0.4) is 0 Å². The minimum absolute atomic E-state index is 0.211. The van der Waals surface area contributed by atoms with Crippen molar-refractivity contribution >= 4 is 11.6 Å². The summed E-state index contributed by atoms with van der Waals surface area (Å²) < 4.78 is 15.9. The van der Waals surface area contributed by atoms with Crippen LogP contribution in [-0.2, 0) is 11.3 Å². The van der Waals surface area contributed by atoms with Gasteiger partial charge in [0.1, 0.15) is 11.5 Å². The van der Waals surface area contributed by atoms with E-state index in [9.17, 15) is 4.79 Å². The van der Waals surface area contributed by atoms with E-state index in [1.54, 1.807) is 32.4 Å². The third kappa shape index (κ3) is 4.23. The summed E-state index contributed by atoms with van der Waals surface area (Å²) in [4.78, 5) is 12.5. The van der Waals surface area contributed by atoms with Gasteiger partial charge in [0.25, 0.3) is 5.91 Å². The van der Waals surface area contributed by atoms with Crippen molar-refractivity contribution in [3.8, 4) is 11.5 Å². The van der Waals surface area contributed by atoms with E-state index < -0.39 is 0 Å². The molecule has 1 N–H and O–H groups in total. The Hall–Kier alpha value is -2.53. The number of hydrogen-bond donors (Lipinski definition) is 1. The van der Waals surface area contributed by atoms with Gasteiger partial charge in [-0.05, 0) is 37.3 Å². The Balaban J connectivity index is 2.22. The van der Waals surface area contributed by atoms with Crippen molar-refractivity contribution in [1.29, 1.82) is 0 Å². The lowest BCUT2D eigenvalue weighted by Crippen LogP contribution is -2.13. The van der Waals surface area contributed by atoms with Crippen LogP contribution in [0.4, 0.5) is 5.69 Å². The molecule has 0 saturated carbocycles. The summed E-state index contributed by atoms with van der Waals surface area (Å²) in [6.45, 7) is 2.81. The number of hydrogen-bond acceptors (Lipinski definition) is 4. The molecule has 5 nitrogen and oxygen atoms in total. The molecule has 0 aromatic heterocycles. The second-order valence-corrected chi connectivity index (χ2v) is 4.84. The maximum Gasteiger partial charge on any atom is 0.255 e. The van der Waals surface area contributed by atoms with Gasteiger partial charge in [-0.25, -0.2) is 0 Å². The lowest BCUT2D eigenvalue weighted by molar-refractivity contribution is 0.102. The molecule has 0 radical (unpaired) electrons.